The lowest BCUT2D eigenvalue weighted by molar-refractivity contribution is -0.123. The maximum Gasteiger partial charge on any atom is 0.387 e. The molecule has 1 rings (SSSR count). The summed E-state index contributed by atoms with van der Waals surface area (Å²) >= 11 is 0. The van der Waals surface area contributed by atoms with Gasteiger partial charge in [-0.2, -0.15) is 8.78 Å². The van der Waals surface area contributed by atoms with Crippen LogP contribution in [0, 0.1) is 5.92 Å². The van der Waals surface area contributed by atoms with Crippen LogP contribution < -0.4 is 15.4 Å². The zero-order valence-corrected chi connectivity index (χ0v) is 13.9. The molecule has 0 saturated heterocycles. The minimum atomic E-state index is -2.96. The Hall–Kier alpha value is -2.71. The highest BCUT2D eigenvalue weighted by Gasteiger charge is 2.13. The van der Waals surface area contributed by atoms with Crippen molar-refractivity contribution in [3.8, 4) is 5.75 Å². The molecule has 1 aromatic carbocycles. The van der Waals surface area contributed by atoms with Gasteiger partial charge < -0.3 is 14.8 Å². The van der Waals surface area contributed by atoms with E-state index in [4.69, 9.17) is 4.74 Å². The zero-order valence-electron chi connectivity index (χ0n) is 13.9. The van der Waals surface area contributed by atoms with E-state index in [9.17, 15) is 23.2 Å². The topological polar surface area (TPSA) is 93.7 Å². The molecule has 25 heavy (non-hydrogen) atoms. The standard InChI is InChI=1S/C16H20F2N2O5/c1-10(2)7-8-19-16(23)20-13(21)9-24-14(22)11-3-5-12(6-4-11)25-15(17)18/h3-6,10,15H,7-9H2,1-2H3,(H2,19,20,21,23). The third-order valence-electron chi connectivity index (χ3n) is 2.91. The van der Waals surface area contributed by atoms with Gasteiger partial charge in [0.15, 0.2) is 6.61 Å². The first kappa shape index (κ1) is 20.3. The first-order valence-corrected chi connectivity index (χ1v) is 7.57. The zero-order chi connectivity index (χ0) is 18.8. The molecule has 2 N–H and O–H groups in total. The summed E-state index contributed by atoms with van der Waals surface area (Å²) in [7, 11) is 0. The van der Waals surface area contributed by atoms with E-state index in [1.165, 1.54) is 24.3 Å². The second-order valence-electron chi connectivity index (χ2n) is 5.47. The monoisotopic (exact) mass is 358 g/mol. The van der Waals surface area contributed by atoms with Crippen molar-refractivity contribution in [3.63, 3.8) is 0 Å². The molecule has 0 heterocycles. The molecule has 0 bridgehead atoms. The van der Waals surface area contributed by atoms with E-state index < -0.39 is 31.1 Å². The maximum absolute atomic E-state index is 12.0. The van der Waals surface area contributed by atoms with Gasteiger partial charge in [-0.25, -0.2) is 9.59 Å². The molecule has 0 unspecified atom stereocenters. The molecule has 0 aliphatic heterocycles. The lowest BCUT2D eigenvalue weighted by atomic mass is 10.1. The van der Waals surface area contributed by atoms with Crippen LogP contribution in [0.5, 0.6) is 5.75 Å². The predicted octanol–water partition coefficient (Wildman–Crippen LogP) is 2.32. The average molecular weight is 358 g/mol. The number of esters is 1. The fraction of sp³-hybridized carbons (Fsp3) is 0.438. The van der Waals surface area contributed by atoms with Crippen molar-refractivity contribution in [2.24, 2.45) is 5.92 Å². The number of amides is 3. The predicted molar refractivity (Wildman–Crippen MR) is 84.4 cm³/mol. The highest BCUT2D eigenvalue weighted by atomic mass is 19.3. The van der Waals surface area contributed by atoms with Crippen LogP contribution in [0.2, 0.25) is 0 Å². The van der Waals surface area contributed by atoms with Gasteiger partial charge in [0.25, 0.3) is 5.91 Å². The van der Waals surface area contributed by atoms with Gasteiger partial charge >= 0.3 is 18.6 Å². The van der Waals surface area contributed by atoms with E-state index in [1.54, 1.807) is 0 Å². The Bertz CT molecular complexity index is 591. The number of halogens is 2. The van der Waals surface area contributed by atoms with Crippen molar-refractivity contribution in [3.05, 3.63) is 29.8 Å². The van der Waals surface area contributed by atoms with Gasteiger partial charge in [-0.05, 0) is 36.6 Å². The number of rotatable bonds is 8. The van der Waals surface area contributed by atoms with E-state index in [1.807, 2.05) is 19.2 Å². The number of carbonyl (C=O) groups excluding carboxylic acids is 3. The quantitative estimate of drug-likeness (QED) is 0.696. The molecule has 0 spiro atoms. The largest absolute Gasteiger partial charge is 0.452 e. The summed E-state index contributed by atoms with van der Waals surface area (Å²) in [5.41, 5.74) is 0.0517. The second kappa shape index (κ2) is 10.2. The van der Waals surface area contributed by atoms with Crippen LogP contribution in [0.3, 0.4) is 0 Å². The van der Waals surface area contributed by atoms with Crippen LogP contribution in [-0.4, -0.2) is 37.7 Å². The second-order valence-corrected chi connectivity index (χ2v) is 5.47. The Morgan fingerprint density at radius 3 is 2.32 bits per heavy atom. The molecule has 1 aromatic rings. The molecular weight excluding hydrogens is 338 g/mol. The van der Waals surface area contributed by atoms with E-state index in [2.05, 4.69) is 10.1 Å². The third-order valence-corrected chi connectivity index (χ3v) is 2.91. The van der Waals surface area contributed by atoms with Crippen LogP contribution >= 0.6 is 0 Å². The van der Waals surface area contributed by atoms with Crippen molar-refractivity contribution in [1.29, 1.82) is 0 Å². The Balaban J connectivity index is 2.35. The van der Waals surface area contributed by atoms with Crippen molar-refractivity contribution >= 4 is 17.9 Å². The molecule has 9 heteroatoms. The Morgan fingerprint density at radius 2 is 1.76 bits per heavy atom. The van der Waals surface area contributed by atoms with Crippen LogP contribution in [0.25, 0.3) is 0 Å². The van der Waals surface area contributed by atoms with Gasteiger partial charge in [-0.15, -0.1) is 0 Å². The summed E-state index contributed by atoms with van der Waals surface area (Å²) < 4.78 is 32.9. The molecule has 0 radical (unpaired) electrons. The summed E-state index contributed by atoms with van der Waals surface area (Å²) in [5.74, 6) is -1.32. The van der Waals surface area contributed by atoms with Gasteiger partial charge in [0.1, 0.15) is 5.75 Å². The van der Waals surface area contributed by atoms with Gasteiger partial charge in [0, 0.05) is 6.54 Å². The smallest absolute Gasteiger partial charge is 0.387 e. The van der Waals surface area contributed by atoms with E-state index >= 15 is 0 Å². The van der Waals surface area contributed by atoms with Crippen molar-refractivity contribution in [2.45, 2.75) is 26.9 Å². The fourth-order valence-corrected chi connectivity index (χ4v) is 1.67. The number of benzene rings is 1. The maximum atomic E-state index is 12.0. The lowest BCUT2D eigenvalue weighted by Gasteiger charge is -2.09. The summed E-state index contributed by atoms with van der Waals surface area (Å²) in [6.07, 6.45) is 0.766. The van der Waals surface area contributed by atoms with Crippen molar-refractivity contribution in [1.82, 2.24) is 10.6 Å². The number of ether oxygens (including phenoxy) is 2. The highest BCUT2D eigenvalue weighted by Crippen LogP contribution is 2.15. The van der Waals surface area contributed by atoms with Crippen LogP contribution in [0.4, 0.5) is 13.6 Å². The molecule has 0 saturated carbocycles. The number of alkyl halides is 2. The van der Waals surface area contributed by atoms with E-state index in [0.29, 0.717) is 12.5 Å². The highest BCUT2D eigenvalue weighted by molar-refractivity contribution is 5.97. The molecule has 138 valence electrons. The molecular formula is C16H20F2N2O5. The van der Waals surface area contributed by atoms with E-state index in [0.717, 1.165) is 6.42 Å². The summed E-state index contributed by atoms with van der Waals surface area (Å²) in [6, 6.07) is 4.11. The molecule has 0 aliphatic carbocycles. The SMILES string of the molecule is CC(C)CCNC(=O)NC(=O)COC(=O)c1ccc(OC(F)F)cc1. The molecule has 0 aromatic heterocycles. The third kappa shape index (κ3) is 8.63. The first-order chi connectivity index (χ1) is 11.8. The number of hydrogen-bond donors (Lipinski definition) is 2. The molecule has 7 nitrogen and oxygen atoms in total. The number of nitrogens with one attached hydrogen (secondary N) is 2. The van der Waals surface area contributed by atoms with Gasteiger partial charge in [0.05, 0.1) is 5.56 Å². The molecule has 0 aliphatic rings. The molecule has 0 atom stereocenters. The first-order valence-electron chi connectivity index (χ1n) is 7.57. The van der Waals surface area contributed by atoms with E-state index in [-0.39, 0.29) is 11.3 Å². The fourth-order valence-electron chi connectivity index (χ4n) is 1.67. The normalized spacial score (nSPS) is 10.5. The Labute approximate surface area is 143 Å². The van der Waals surface area contributed by atoms with Crippen molar-refractivity contribution in [2.75, 3.05) is 13.2 Å². The summed E-state index contributed by atoms with van der Waals surface area (Å²) in [4.78, 5) is 34.6. The minimum Gasteiger partial charge on any atom is -0.452 e. The van der Waals surface area contributed by atoms with Crippen molar-refractivity contribution < 1.29 is 32.6 Å². The van der Waals surface area contributed by atoms with Gasteiger partial charge in [0.2, 0.25) is 0 Å². The summed E-state index contributed by atoms with van der Waals surface area (Å²) in [6.45, 7) is 0.801. The van der Waals surface area contributed by atoms with Gasteiger partial charge in [-0.3, -0.25) is 10.1 Å². The van der Waals surface area contributed by atoms with Crippen LogP contribution in [0.1, 0.15) is 30.6 Å². The lowest BCUT2D eigenvalue weighted by Crippen LogP contribution is -2.41. The minimum absolute atomic E-state index is 0.0517. The summed E-state index contributed by atoms with van der Waals surface area (Å²) in [5, 5.41) is 4.52. The van der Waals surface area contributed by atoms with Crippen LogP contribution in [0.15, 0.2) is 24.3 Å². The number of hydrogen-bond acceptors (Lipinski definition) is 5. The van der Waals surface area contributed by atoms with Crippen LogP contribution in [-0.2, 0) is 9.53 Å². The molecule has 0 fully saturated rings. The number of urea groups is 1. The Morgan fingerprint density at radius 1 is 1.12 bits per heavy atom. The number of imide groups is 1. The molecule has 3 amide bonds. The average Bonchev–Trinajstić information content (AvgIpc) is 2.52. The number of carbonyl (C=O) groups is 3. The Kier molecular flexibility index (Phi) is 8.31. The van der Waals surface area contributed by atoms with Gasteiger partial charge in [-0.1, -0.05) is 13.8 Å².